The summed E-state index contributed by atoms with van der Waals surface area (Å²) in [5.41, 5.74) is 0. The Morgan fingerprint density at radius 3 is 1.21 bits per heavy atom. The monoisotopic (exact) mass is 555 g/mol. The molecule has 0 fully saturated rings. The third-order valence-electron chi connectivity index (χ3n) is 7.45. The molecule has 0 spiro atoms. The van der Waals surface area contributed by atoms with Crippen LogP contribution >= 0.6 is 0 Å². The van der Waals surface area contributed by atoms with Crippen LogP contribution in [0, 0.1) is 0 Å². The zero-order valence-electron chi connectivity index (χ0n) is 27.0. The summed E-state index contributed by atoms with van der Waals surface area (Å²) in [6, 6.07) is 0. The van der Waals surface area contributed by atoms with Crippen LogP contribution in [-0.2, 0) is 19.1 Å². The molecule has 5 nitrogen and oxygen atoms in total. The van der Waals surface area contributed by atoms with Crippen molar-refractivity contribution in [1.29, 1.82) is 0 Å². The van der Waals surface area contributed by atoms with E-state index in [4.69, 9.17) is 9.47 Å². The van der Waals surface area contributed by atoms with Gasteiger partial charge in [0.2, 0.25) is 0 Å². The maximum atomic E-state index is 12.5. The molecule has 0 aliphatic heterocycles. The van der Waals surface area contributed by atoms with Crippen molar-refractivity contribution in [1.82, 2.24) is 0 Å². The van der Waals surface area contributed by atoms with Crippen molar-refractivity contribution in [2.45, 2.75) is 174 Å². The Balaban J connectivity index is 3.92. The van der Waals surface area contributed by atoms with Crippen molar-refractivity contribution in [3.05, 3.63) is 0 Å². The van der Waals surface area contributed by atoms with E-state index < -0.39 is 0 Å². The van der Waals surface area contributed by atoms with Crippen LogP contribution in [0.5, 0.6) is 0 Å². The summed E-state index contributed by atoms with van der Waals surface area (Å²) >= 11 is 0. The molecule has 232 valence electrons. The van der Waals surface area contributed by atoms with Crippen molar-refractivity contribution < 1.29 is 23.5 Å². The second kappa shape index (κ2) is 27.1. The van der Waals surface area contributed by atoms with Gasteiger partial charge in [-0.2, -0.15) is 0 Å². The zero-order chi connectivity index (χ0) is 29.0. The van der Waals surface area contributed by atoms with Gasteiger partial charge in [0.05, 0.1) is 21.1 Å². The van der Waals surface area contributed by atoms with Gasteiger partial charge in [-0.15, -0.1) is 0 Å². The molecular weight excluding hydrogens is 486 g/mol. The molecule has 0 aromatic carbocycles. The van der Waals surface area contributed by atoms with Crippen LogP contribution < -0.4 is 0 Å². The second-order valence-corrected chi connectivity index (χ2v) is 12.8. The van der Waals surface area contributed by atoms with Crippen LogP contribution in [0.4, 0.5) is 0 Å². The lowest BCUT2D eigenvalue weighted by Crippen LogP contribution is -2.45. The smallest absolute Gasteiger partial charge is 0.306 e. The van der Waals surface area contributed by atoms with E-state index in [1.54, 1.807) is 0 Å². The van der Waals surface area contributed by atoms with Gasteiger partial charge in [-0.25, -0.2) is 0 Å². The summed E-state index contributed by atoms with van der Waals surface area (Å²) in [5, 5.41) is 0. The molecule has 1 atom stereocenters. The Bertz CT molecular complexity index is 558. The highest BCUT2D eigenvalue weighted by Crippen LogP contribution is 2.14. The Hall–Kier alpha value is -1.10. The van der Waals surface area contributed by atoms with Crippen LogP contribution in [0.15, 0.2) is 0 Å². The van der Waals surface area contributed by atoms with Gasteiger partial charge in [0.15, 0.2) is 6.10 Å². The number of ether oxygens (including phenoxy) is 2. The molecule has 1 unspecified atom stereocenters. The molecule has 0 rings (SSSR count). The van der Waals surface area contributed by atoms with Crippen LogP contribution in [0.1, 0.15) is 168 Å². The maximum absolute atomic E-state index is 12.5. The summed E-state index contributed by atoms with van der Waals surface area (Å²) in [6.07, 6.45) is 28.3. The van der Waals surface area contributed by atoms with Gasteiger partial charge < -0.3 is 14.0 Å². The van der Waals surface area contributed by atoms with E-state index in [2.05, 4.69) is 35.0 Å². The standard InChI is InChI=1S/C34H68NO4/c1-6-8-10-12-14-16-17-18-19-21-23-25-27-29-34(37)39-32(30-35(3,4)5)31-38-33(36)28-26-24-22-20-15-13-11-9-7-2/h32H,6-31H2,1-5H3/q+1. The average molecular weight is 555 g/mol. The van der Waals surface area contributed by atoms with E-state index in [0.717, 1.165) is 25.7 Å². The molecule has 5 heteroatoms. The van der Waals surface area contributed by atoms with Gasteiger partial charge in [-0.3, -0.25) is 9.59 Å². The number of unbranched alkanes of at least 4 members (excludes halogenated alkanes) is 20. The van der Waals surface area contributed by atoms with E-state index in [0.29, 0.717) is 23.9 Å². The number of likely N-dealkylation sites (N-methyl/N-ethyl adjacent to an activating group) is 1. The van der Waals surface area contributed by atoms with Gasteiger partial charge in [0.1, 0.15) is 13.2 Å². The van der Waals surface area contributed by atoms with Crippen molar-refractivity contribution in [3.63, 3.8) is 0 Å². The van der Waals surface area contributed by atoms with Gasteiger partial charge in [-0.1, -0.05) is 142 Å². The first-order valence-corrected chi connectivity index (χ1v) is 16.9. The zero-order valence-corrected chi connectivity index (χ0v) is 27.0. The van der Waals surface area contributed by atoms with Crippen LogP contribution in [0.2, 0.25) is 0 Å². The molecule has 0 amide bonds. The van der Waals surface area contributed by atoms with Crippen molar-refractivity contribution in [3.8, 4) is 0 Å². The first-order chi connectivity index (χ1) is 18.8. The first-order valence-electron chi connectivity index (χ1n) is 16.9. The number of hydrogen-bond acceptors (Lipinski definition) is 4. The average Bonchev–Trinajstić information content (AvgIpc) is 2.88. The lowest BCUT2D eigenvalue weighted by Gasteiger charge is -2.28. The molecule has 0 aromatic rings. The summed E-state index contributed by atoms with van der Waals surface area (Å²) in [7, 11) is 6.20. The largest absolute Gasteiger partial charge is 0.461 e. The Morgan fingerprint density at radius 1 is 0.513 bits per heavy atom. The molecule has 0 heterocycles. The molecule has 0 saturated carbocycles. The minimum absolute atomic E-state index is 0.161. The molecule has 0 radical (unpaired) electrons. The highest BCUT2D eigenvalue weighted by Gasteiger charge is 2.23. The van der Waals surface area contributed by atoms with E-state index in [9.17, 15) is 9.59 Å². The highest BCUT2D eigenvalue weighted by molar-refractivity contribution is 5.70. The number of rotatable bonds is 29. The topological polar surface area (TPSA) is 52.6 Å². The fourth-order valence-corrected chi connectivity index (χ4v) is 5.10. The van der Waals surface area contributed by atoms with Crippen molar-refractivity contribution in [2.24, 2.45) is 0 Å². The number of quaternary nitrogens is 1. The van der Waals surface area contributed by atoms with Crippen molar-refractivity contribution >= 4 is 11.9 Å². The highest BCUT2D eigenvalue weighted by atomic mass is 16.6. The lowest BCUT2D eigenvalue weighted by atomic mass is 10.0. The number of hydrogen-bond donors (Lipinski definition) is 0. The van der Waals surface area contributed by atoms with Gasteiger partial charge in [0.25, 0.3) is 0 Å². The predicted molar refractivity (Wildman–Crippen MR) is 166 cm³/mol. The van der Waals surface area contributed by atoms with Gasteiger partial charge >= 0.3 is 11.9 Å². The third-order valence-corrected chi connectivity index (χ3v) is 7.45. The van der Waals surface area contributed by atoms with E-state index in [1.807, 2.05) is 0 Å². The second-order valence-electron chi connectivity index (χ2n) is 12.8. The Morgan fingerprint density at radius 2 is 0.846 bits per heavy atom. The maximum Gasteiger partial charge on any atom is 0.306 e. The van der Waals surface area contributed by atoms with Gasteiger partial charge in [-0.05, 0) is 12.8 Å². The van der Waals surface area contributed by atoms with E-state index >= 15 is 0 Å². The molecule has 0 aromatic heterocycles. The molecule has 0 N–H and O–H groups in total. The summed E-state index contributed by atoms with van der Waals surface area (Å²) in [5.74, 6) is -0.330. The van der Waals surface area contributed by atoms with E-state index in [1.165, 1.54) is 116 Å². The minimum atomic E-state index is -0.383. The van der Waals surface area contributed by atoms with Gasteiger partial charge in [0, 0.05) is 12.8 Å². The summed E-state index contributed by atoms with van der Waals surface area (Å²) in [4.78, 5) is 24.7. The number of carbonyl (C=O) groups excluding carboxylic acids is 2. The number of nitrogens with zero attached hydrogens (tertiary/aromatic N) is 1. The fraction of sp³-hybridized carbons (Fsp3) is 0.941. The van der Waals surface area contributed by atoms with Crippen molar-refractivity contribution in [2.75, 3.05) is 34.3 Å². The predicted octanol–water partition coefficient (Wildman–Crippen LogP) is 9.55. The molecule has 0 aliphatic rings. The number of esters is 2. The molecule has 0 aliphatic carbocycles. The third kappa shape index (κ3) is 29.7. The molecule has 39 heavy (non-hydrogen) atoms. The molecule has 0 saturated heterocycles. The lowest BCUT2D eigenvalue weighted by molar-refractivity contribution is -0.873. The quantitative estimate of drug-likeness (QED) is 0.0525. The van der Waals surface area contributed by atoms with Crippen LogP contribution in [-0.4, -0.2) is 56.8 Å². The molecule has 0 bridgehead atoms. The normalized spacial score (nSPS) is 12.4. The summed E-state index contributed by atoms with van der Waals surface area (Å²) < 4.78 is 11.9. The SMILES string of the molecule is CCCCCCCCCCCCCCCC(=O)OC(COC(=O)CCCCCCCCCCC)C[N+](C)(C)C. The fourth-order valence-electron chi connectivity index (χ4n) is 5.10. The van der Waals surface area contributed by atoms with Crippen LogP contribution in [0.3, 0.4) is 0 Å². The summed E-state index contributed by atoms with van der Waals surface area (Å²) in [6.45, 7) is 5.31. The molecular formula is C34H68NO4+. The Kier molecular flexibility index (Phi) is 26.3. The first kappa shape index (κ1) is 37.9. The van der Waals surface area contributed by atoms with Crippen LogP contribution in [0.25, 0.3) is 0 Å². The van der Waals surface area contributed by atoms with E-state index in [-0.39, 0.29) is 24.6 Å². The Labute approximate surface area is 243 Å². The number of carbonyl (C=O) groups is 2. The minimum Gasteiger partial charge on any atom is -0.461 e.